The largest absolute Gasteiger partial charge is 0.398 e. The molecule has 2 aromatic carbocycles. The van der Waals surface area contributed by atoms with Crippen LogP contribution >= 0.6 is 31.9 Å². The molecule has 8 heteroatoms. The van der Waals surface area contributed by atoms with Crippen molar-refractivity contribution >= 4 is 53.3 Å². The van der Waals surface area contributed by atoms with E-state index in [0.29, 0.717) is 14.6 Å². The molecule has 106 valence electrons. The Hall–Kier alpha value is -1.12. The van der Waals surface area contributed by atoms with Gasteiger partial charge < -0.3 is 5.73 Å². The smallest absolute Gasteiger partial charge is 0.262 e. The van der Waals surface area contributed by atoms with E-state index in [1.807, 2.05) is 0 Å². The lowest BCUT2D eigenvalue weighted by Gasteiger charge is -2.10. The summed E-state index contributed by atoms with van der Waals surface area (Å²) in [6.07, 6.45) is 0. The van der Waals surface area contributed by atoms with Gasteiger partial charge in [-0.2, -0.15) is 0 Å². The molecule has 3 N–H and O–H groups in total. The van der Waals surface area contributed by atoms with Crippen LogP contribution in [-0.4, -0.2) is 8.42 Å². The third kappa shape index (κ3) is 3.31. The molecule has 0 aliphatic heterocycles. The highest BCUT2D eigenvalue weighted by molar-refractivity contribution is 9.10. The maximum Gasteiger partial charge on any atom is 0.262 e. The Labute approximate surface area is 132 Å². The molecule has 0 aromatic heterocycles. The van der Waals surface area contributed by atoms with Crippen molar-refractivity contribution in [3.05, 3.63) is 51.2 Å². The number of hydrogen-bond acceptors (Lipinski definition) is 3. The first-order valence-corrected chi connectivity index (χ1v) is 8.39. The molecule has 0 unspecified atom stereocenters. The van der Waals surface area contributed by atoms with E-state index < -0.39 is 15.8 Å². The van der Waals surface area contributed by atoms with Gasteiger partial charge in [0.25, 0.3) is 10.0 Å². The van der Waals surface area contributed by atoms with Crippen molar-refractivity contribution in [3.63, 3.8) is 0 Å². The molecule has 0 fully saturated rings. The molecule has 0 radical (unpaired) electrons. The molecule has 0 bridgehead atoms. The van der Waals surface area contributed by atoms with Gasteiger partial charge in [-0.15, -0.1) is 0 Å². The number of rotatable bonds is 3. The summed E-state index contributed by atoms with van der Waals surface area (Å²) >= 11 is 6.25. The summed E-state index contributed by atoms with van der Waals surface area (Å²) < 4.78 is 41.1. The standard InChI is InChI=1S/C12H9Br2FN2O2S/c13-7-1-4-12(10(15)5-7)17-20(18,19)8-2-3-11(16)9(14)6-8/h1-6,17H,16H2. The molecule has 4 nitrogen and oxygen atoms in total. The summed E-state index contributed by atoms with van der Waals surface area (Å²) in [5.74, 6) is -0.669. The van der Waals surface area contributed by atoms with Crippen LogP contribution in [0.4, 0.5) is 15.8 Å². The normalized spacial score (nSPS) is 11.3. The lowest BCUT2D eigenvalue weighted by atomic mass is 10.3. The van der Waals surface area contributed by atoms with E-state index in [-0.39, 0.29) is 10.6 Å². The van der Waals surface area contributed by atoms with E-state index in [0.717, 1.165) is 0 Å². The zero-order chi connectivity index (χ0) is 14.9. The Kier molecular flexibility index (Phi) is 4.36. The van der Waals surface area contributed by atoms with Gasteiger partial charge in [-0.3, -0.25) is 4.72 Å². The quantitative estimate of drug-likeness (QED) is 0.738. The van der Waals surface area contributed by atoms with Gasteiger partial charge >= 0.3 is 0 Å². The minimum atomic E-state index is -3.88. The van der Waals surface area contributed by atoms with Crippen LogP contribution in [0.25, 0.3) is 0 Å². The van der Waals surface area contributed by atoms with Crippen molar-refractivity contribution in [3.8, 4) is 0 Å². The first-order valence-electron chi connectivity index (χ1n) is 5.32. The highest BCUT2D eigenvalue weighted by atomic mass is 79.9. The molecule has 20 heavy (non-hydrogen) atoms. The van der Waals surface area contributed by atoms with E-state index in [1.165, 1.54) is 30.3 Å². The second-order valence-electron chi connectivity index (χ2n) is 3.91. The van der Waals surface area contributed by atoms with E-state index >= 15 is 0 Å². The highest BCUT2D eigenvalue weighted by Crippen LogP contribution is 2.26. The number of halogens is 3. The summed E-state index contributed by atoms with van der Waals surface area (Å²) in [6, 6.07) is 8.21. The number of benzene rings is 2. The molecule has 0 aliphatic rings. The number of nitrogens with two attached hydrogens (primary N) is 1. The Morgan fingerprint density at radius 1 is 1.10 bits per heavy atom. The molecule has 0 heterocycles. The number of hydrogen-bond donors (Lipinski definition) is 2. The fourth-order valence-electron chi connectivity index (χ4n) is 1.45. The molecular formula is C12H9Br2FN2O2S. The van der Waals surface area contributed by atoms with E-state index in [1.54, 1.807) is 6.07 Å². The van der Waals surface area contributed by atoms with Gasteiger partial charge in [0.05, 0.1) is 10.6 Å². The average molecular weight is 424 g/mol. The van der Waals surface area contributed by atoms with Gasteiger partial charge in [-0.25, -0.2) is 12.8 Å². The van der Waals surface area contributed by atoms with Crippen LogP contribution in [0.5, 0.6) is 0 Å². The molecule has 0 aliphatic carbocycles. The van der Waals surface area contributed by atoms with Crippen molar-refractivity contribution < 1.29 is 12.8 Å². The van der Waals surface area contributed by atoms with Crippen molar-refractivity contribution in [1.29, 1.82) is 0 Å². The van der Waals surface area contributed by atoms with Crippen molar-refractivity contribution in [2.45, 2.75) is 4.90 Å². The predicted molar refractivity (Wildman–Crippen MR) is 83.5 cm³/mol. The van der Waals surface area contributed by atoms with Crippen LogP contribution in [0, 0.1) is 5.82 Å². The van der Waals surface area contributed by atoms with Crippen LogP contribution < -0.4 is 10.5 Å². The number of anilines is 2. The zero-order valence-corrected chi connectivity index (χ0v) is 13.9. The Morgan fingerprint density at radius 2 is 1.80 bits per heavy atom. The number of nitrogen functional groups attached to an aromatic ring is 1. The Balaban J connectivity index is 2.38. The van der Waals surface area contributed by atoms with Gasteiger partial charge in [-0.05, 0) is 52.3 Å². The van der Waals surface area contributed by atoms with Crippen molar-refractivity contribution in [2.24, 2.45) is 0 Å². The van der Waals surface area contributed by atoms with Crippen LogP contribution in [-0.2, 0) is 10.0 Å². The van der Waals surface area contributed by atoms with Crippen LogP contribution in [0.15, 0.2) is 50.2 Å². The molecule has 0 amide bonds. The maximum absolute atomic E-state index is 13.7. The number of nitrogens with one attached hydrogen (secondary N) is 1. The Bertz CT molecular complexity index is 766. The van der Waals surface area contributed by atoms with Crippen molar-refractivity contribution in [1.82, 2.24) is 0 Å². The third-order valence-electron chi connectivity index (χ3n) is 2.46. The van der Waals surface area contributed by atoms with E-state index in [9.17, 15) is 12.8 Å². The maximum atomic E-state index is 13.7. The lowest BCUT2D eigenvalue weighted by molar-refractivity contribution is 0.598. The topological polar surface area (TPSA) is 72.2 Å². The molecule has 0 saturated carbocycles. The minimum Gasteiger partial charge on any atom is -0.398 e. The van der Waals surface area contributed by atoms with Gasteiger partial charge in [0.15, 0.2) is 0 Å². The monoisotopic (exact) mass is 422 g/mol. The zero-order valence-electron chi connectivity index (χ0n) is 9.90. The van der Waals surface area contributed by atoms with Gasteiger partial charge in [0.2, 0.25) is 0 Å². The van der Waals surface area contributed by atoms with Crippen LogP contribution in [0.3, 0.4) is 0 Å². The van der Waals surface area contributed by atoms with Gasteiger partial charge in [0.1, 0.15) is 5.82 Å². The molecular weight excluding hydrogens is 415 g/mol. The second kappa shape index (κ2) is 5.71. The number of sulfonamides is 1. The summed E-state index contributed by atoms with van der Waals surface area (Å²) in [6.45, 7) is 0. The van der Waals surface area contributed by atoms with Crippen molar-refractivity contribution in [2.75, 3.05) is 10.5 Å². The van der Waals surface area contributed by atoms with E-state index in [4.69, 9.17) is 5.73 Å². The van der Waals surface area contributed by atoms with E-state index in [2.05, 4.69) is 36.6 Å². The summed E-state index contributed by atoms with van der Waals surface area (Å²) in [5, 5.41) is 0. The first-order chi connectivity index (χ1) is 9.29. The second-order valence-corrected chi connectivity index (χ2v) is 7.37. The van der Waals surface area contributed by atoms with Gasteiger partial charge in [0, 0.05) is 14.6 Å². The third-order valence-corrected chi connectivity index (χ3v) is 5.00. The molecule has 0 saturated heterocycles. The molecule has 2 aromatic rings. The van der Waals surface area contributed by atoms with Crippen LogP contribution in [0.2, 0.25) is 0 Å². The molecule has 0 atom stereocenters. The summed E-state index contributed by atoms with van der Waals surface area (Å²) in [4.78, 5) is -0.0131. The average Bonchev–Trinajstić information content (AvgIpc) is 2.36. The molecule has 2 rings (SSSR count). The molecule has 0 spiro atoms. The fourth-order valence-corrected chi connectivity index (χ4v) is 3.41. The summed E-state index contributed by atoms with van der Waals surface area (Å²) in [7, 11) is -3.88. The first kappa shape index (κ1) is 15.3. The fraction of sp³-hybridized carbons (Fsp3) is 0. The van der Waals surface area contributed by atoms with Gasteiger partial charge in [-0.1, -0.05) is 15.9 Å². The highest BCUT2D eigenvalue weighted by Gasteiger charge is 2.17. The Morgan fingerprint density at radius 3 is 2.40 bits per heavy atom. The van der Waals surface area contributed by atoms with Crippen LogP contribution in [0.1, 0.15) is 0 Å². The lowest BCUT2D eigenvalue weighted by Crippen LogP contribution is -2.14. The SMILES string of the molecule is Nc1ccc(S(=O)(=O)Nc2ccc(Br)cc2F)cc1Br. The minimum absolute atomic E-state index is 0.0131. The summed E-state index contributed by atoms with van der Waals surface area (Å²) in [5.41, 5.74) is 5.89. The predicted octanol–water partition coefficient (Wildman–Crippen LogP) is 3.73.